The van der Waals surface area contributed by atoms with E-state index in [1.54, 1.807) is 22.8 Å². The number of benzene rings is 1. The molecule has 2 aromatic rings. The molecule has 0 atom stereocenters. The molecule has 4 nitrogen and oxygen atoms in total. The molecule has 114 valence electrons. The minimum Gasteiger partial charge on any atom is -0.265 e. The van der Waals surface area contributed by atoms with Crippen molar-refractivity contribution in [1.82, 2.24) is 9.29 Å². The highest BCUT2D eigenvalue weighted by Gasteiger charge is 2.35. The smallest absolute Gasteiger partial charge is 0.236 e. The van der Waals surface area contributed by atoms with Crippen molar-refractivity contribution in [3.63, 3.8) is 0 Å². The molecule has 0 radical (unpaired) electrons. The molecular formula is C17H18N2O2S. The minimum atomic E-state index is -3.42. The second-order valence-electron chi connectivity index (χ2n) is 5.39. The molecule has 5 heteroatoms. The van der Waals surface area contributed by atoms with Gasteiger partial charge in [-0.25, -0.2) is 8.42 Å². The van der Waals surface area contributed by atoms with Crippen molar-refractivity contribution < 1.29 is 8.42 Å². The third-order valence-corrected chi connectivity index (χ3v) is 5.16. The summed E-state index contributed by atoms with van der Waals surface area (Å²) in [5, 5.41) is 1.31. The maximum Gasteiger partial charge on any atom is 0.236 e. The highest BCUT2D eigenvalue weighted by molar-refractivity contribution is 7.92. The lowest BCUT2D eigenvalue weighted by atomic mass is 10.2. The van der Waals surface area contributed by atoms with Gasteiger partial charge in [-0.15, -0.1) is 0 Å². The van der Waals surface area contributed by atoms with Gasteiger partial charge in [0.2, 0.25) is 10.0 Å². The lowest BCUT2D eigenvalue weighted by Crippen LogP contribution is -2.31. The second-order valence-corrected chi connectivity index (χ2v) is 7.16. The first-order valence-corrected chi connectivity index (χ1v) is 8.79. The summed E-state index contributed by atoms with van der Waals surface area (Å²) < 4.78 is 26.8. The van der Waals surface area contributed by atoms with E-state index in [1.165, 1.54) is 5.41 Å². The van der Waals surface area contributed by atoms with Gasteiger partial charge in [0, 0.05) is 30.4 Å². The van der Waals surface area contributed by atoms with Crippen LogP contribution in [0.15, 0.2) is 60.3 Å². The molecule has 0 amide bonds. The zero-order chi connectivity index (χ0) is 15.4. The average molecular weight is 314 g/mol. The zero-order valence-corrected chi connectivity index (χ0v) is 13.0. The molecule has 1 aliphatic rings. The largest absolute Gasteiger partial charge is 0.265 e. The Labute approximate surface area is 131 Å². The maximum atomic E-state index is 12.6. The number of hydrogen-bond acceptors (Lipinski definition) is 3. The molecule has 1 saturated carbocycles. The van der Waals surface area contributed by atoms with Crippen LogP contribution in [-0.4, -0.2) is 23.7 Å². The topological polar surface area (TPSA) is 50.3 Å². The fourth-order valence-corrected chi connectivity index (χ4v) is 3.71. The predicted octanol–water partition coefficient (Wildman–Crippen LogP) is 3.05. The molecule has 22 heavy (non-hydrogen) atoms. The molecule has 1 fully saturated rings. The molecule has 1 aliphatic carbocycles. The molecule has 1 aromatic heterocycles. The molecule has 0 N–H and O–H groups in total. The van der Waals surface area contributed by atoms with Crippen LogP contribution >= 0.6 is 0 Å². The Balaban J connectivity index is 1.80. The molecule has 0 saturated heterocycles. The van der Waals surface area contributed by atoms with Crippen molar-refractivity contribution in [2.45, 2.75) is 25.4 Å². The van der Waals surface area contributed by atoms with E-state index in [0.717, 1.165) is 24.0 Å². The summed E-state index contributed by atoms with van der Waals surface area (Å²) in [4.78, 5) is 3.97. The van der Waals surface area contributed by atoms with Gasteiger partial charge in [0.15, 0.2) is 0 Å². The average Bonchev–Trinajstić information content (AvgIpc) is 3.37. The van der Waals surface area contributed by atoms with Gasteiger partial charge in [0.25, 0.3) is 0 Å². The molecule has 0 unspecified atom stereocenters. The van der Waals surface area contributed by atoms with Gasteiger partial charge in [-0.2, -0.15) is 4.31 Å². The van der Waals surface area contributed by atoms with E-state index in [9.17, 15) is 8.42 Å². The van der Waals surface area contributed by atoms with E-state index >= 15 is 0 Å². The van der Waals surface area contributed by atoms with Crippen molar-refractivity contribution in [3.8, 4) is 0 Å². The van der Waals surface area contributed by atoms with Crippen LogP contribution in [0.5, 0.6) is 0 Å². The van der Waals surface area contributed by atoms with E-state index < -0.39 is 10.0 Å². The van der Waals surface area contributed by atoms with Gasteiger partial charge in [-0.05, 0) is 42.2 Å². The summed E-state index contributed by atoms with van der Waals surface area (Å²) in [5.74, 6) is 0. The quantitative estimate of drug-likeness (QED) is 0.823. The SMILES string of the molecule is O=S(=O)(/C=C/c1ccccc1)N(Cc1ccncc1)C1CC1. The van der Waals surface area contributed by atoms with E-state index in [1.807, 2.05) is 42.5 Å². The normalized spacial score (nSPS) is 15.5. The van der Waals surface area contributed by atoms with E-state index in [4.69, 9.17) is 0 Å². The van der Waals surface area contributed by atoms with Crippen LogP contribution in [0.25, 0.3) is 6.08 Å². The van der Waals surface area contributed by atoms with Crippen LogP contribution in [0.2, 0.25) is 0 Å². The summed E-state index contributed by atoms with van der Waals surface area (Å²) in [6, 6.07) is 13.3. The number of pyridine rings is 1. The number of rotatable bonds is 6. The Morgan fingerprint density at radius 3 is 2.41 bits per heavy atom. The number of sulfonamides is 1. The monoisotopic (exact) mass is 314 g/mol. The molecule has 3 rings (SSSR count). The van der Waals surface area contributed by atoms with Crippen molar-refractivity contribution in [2.24, 2.45) is 0 Å². The molecule has 0 spiro atoms. The molecule has 0 bridgehead atoms. The number of aromatic nitrogens is 1. The Hall–Kier alpha value is -1.98. The standard InChI is InChI=1S/C17H18N2O2S/c20-22(21,13-10-15-4-2-1-3-5-15)19(17-6-7-17)14-16-8-11-18-12-9-16/h1-5,8-13,17H,6-7,14H2/b13-10+. The van der Waals surface area contributed by atoms with Crippen molar-refractivity contribution in [3.05, 3.63) is 71.4 Å². The fourth-order valence-electron chi connectivity index (χ4n) is 2.26. The van der Waals surface area contributed by atoms with Crippen LogP contribution in [0.4, 0.5) is 0 Å². The van der Waals surface area contributed by atoms with Crippen LogP contribution < -0.4 is 0 Å². The Kier molecular flexibility index (Phi) is 4.36. The van der Waals surface area contributed by atoms with Crippen molar-refractivity contribution >= 4 is 16.1 Å². The highest BCUT2D eigenvalue weighted by atomic mass is 32.2. The van der Waals surface area contributed by atoms with E-state index in [0.29, 0.717) is 6.54 Å². The number of hydrogen-bond donors (Lipinski definition) is 0. The Bertz CT molecular complexity index is 739. The van der Waals surface area contributed by atoms with E-state index in [-0.39, 0.29) is 6.04 Å². The van der Waals surface area contributed by atoms with Gasteiger partial charge < -0.3 is 0 Å². The molecule has 1 heterocycles. The summed E-state index contributed by atoms with van der Waals surface area (Å²) in [5.41, 5.74) is 1.84. The van der Waals surface area contributed by atoms with Crippen molar-refractivity contribution in [2.75, 3.05) is 0 Å². The van der Waals surface area contributed by atoms with Gasteiger partial charge in [0.1, 0.15) is 0 Å². The molecule has 0 aliphatic heterocycles. The van der Waals surface area contributed by atoms with Crippen LogP contribution in [0, 0.1) is 0 Å². The predicted molar refractivity (Wildman–Crippen MR) is 87.2 cm³/mol. The van der Waals surface area contributed by atoms with Gasteiger partial charge in [-0.3, -0.25) is 4.98 Å². The Morgan fingerprint density at radius 1 is 1.09 bits per heavy atom. The summed E-state index contributed by atoms with van der Waals surface area (Å²) in [7, 11) is -3.42. The lowest BCUT2D eigenvalue weighted by Gasteiger charge is -2.19. The second kappa shape index (κ2) is 6.42. The third kappa shape index (κ3) is 3.81. The van der Waals surface area contributed by atoms with Crippen LogP contribution in [-0.2, 0) is 16.6 Å². The van der Waals surface area contributed by atoms with E-state index in [2.05, 4.69) is 4.98 Å². The van der Waals surface area contributed by atoms with Gasteiger partial charge in [0.05, 0.1) is 0 Å². The first-order valence-electron chi connectivity index (χ1n) is 7.29. The van der Waals surface area contributed by atoms with Crippen LogP contribution in [0.3, 0.4) is 0 Å². The lowest BCUT2D eigenvalue weighted by molar-refractivity contribution is 0.405. The fraction of sp³-hybridized carbons (Fsp3) is 0.235. The van der Waals surface area contributed by atoms with Gasteiger partial charge >= 0.3 is 0 Å². The van der Waals surface area contributed by atoms with Crippen LogP contribution in [0.1, 0.15) is 24.0 Å². The maximum absolute atomic E-state index is 12.6. The highest BCUT2D eigenvalue weighted by Crippen LogP contribution is 2.31. The first-order chi connectivity index (χ1) is 10.6. The third-order valence-electron chi connectivity index (χ3n) is 3.60. The number of nitrogens with zero attached hydrogens (tertiary/aromatic N) is 2. The summed E-state index contributed by atoms with van der Waals surface area (Å²) >= 11 is 0. The zero-order valence-electron chi connectivity index (χ0n) is 12.2. The molecular weight excluding hydrogens is 296 g/mol. The Morgan fingerprint density at radius 2 is 1.77 bits per heavy atom. The summed E-state index contributed by atoms with van der Waals surface area (Å²) in [6.45, 7) is 0.397. The molecule has 1 aromatic carbocycles. The minimum absolute atomic E-state index is 0.124. The van der Waals surface area contributed by atoms with Crippen molar-refractivity contribution in [1.29, 1.82) is 0 Å². The summed E-state index contributed by atoms with van der Waals surface area (Å²) in [6.07, 6.45) is 6.89. The van der Waals surface area contributed by atoms with Gasteiger partial charge in [-0.1, -0.05) is 30.3 Å². The first kappa shape index (κ1) is 14.9.